The van der Waals surface area contributed by atoms with Crippen LogP contribution >= 0.6 is 0 Å². The molecule has 3 N–H and O–H groups in total. The summed E-state index contributed by atoms with van der Waals surface area (Å²) in [5.41, 5.74) is -0.288. The first-order valence-corrected chi connectivity index (χ1v) is 14.1. The van der Waals surface area contributed by atoms with Crippen molar-refractivity contribution in [3.05, 3.63) is 23.3 Å². The molecule has 0 radical (unpaired) electrons. The monoisotopic (exact) mass is 539 g/mol. The van der Waals surface area contributed by atoms with Crippen molar-refractivity contribution in [3.63, 3.8) is 0 Å². The Morgan fingerprint density at radius 2 is 1.74 bits per heavy atom. The predicted octanol–water partition coefficient (Wildman–Crippen LogP) is 4.28. The molecule has 0 saturated heterocycles. The molecule has 2 bridgehead atoms. The zero-order valence-electron chi connectivity index (χ0n) is 23.6. The van der Waals surface area contributed by atoms with Crippen LogP contribution in [-0.2, 0) is 9.59 Å². The highest BCUT2D eigenvalue weighted by Crippen LogP contribution is 2.49. The molecule has 0 unspecified atom stereocenters. The fourth-order valence-corrected chi connectivity index (χ4v) is 6.42. The average Bonchev–Trinajstić information content (AvgIpc) is 3.51. The van der Waals surface area contributed by atoms with Crippen molar-refractivity contribution in [2.45, 2.75) is 90.8 Å². The molecule has 0 aliphatic heterocycles. The molecular weight excluding hydrogens is 498 g/mol. The van der Waals surface area contributed by atoms with Crippen LogP contribution in [0.4, 0.5) is 0 Å². The lowest BCUT2D eigenvalue weighted by molar-refractivity contribution is -0.150. The van der Waals surface area contributed by atoms with Gasteiger partial charge in [0.2, 0.25) is 5.91 Å². The number of aliphatic carboxylic acids is 1. The van der Waals surface area contributed by atoms with Gasteiger partial charge in [0.05, 0.1) is 35.7 Å². The Bertz CT molecular complexity index is 1150. The van der Waals surface area contributed by atoms with Crippen LogP contribution < -0.4 is 20.1 Å². The second kappa shape index (κ2) is 11.4. The van der Waals surface area contributed by atoms with Crippen LogP contribution in [0.25, 0.3) is 0 Å². The molecule has 9 heteroatoms. The number of carbonyl (C=O) groups excluding carboxylic acids is 2. The SMILES string of the molecule is COc1cc(C#N)c(O[C@H]2CC[C@@](C)(C(=O)O)CC2)cc1C(=O)N[C@@H]1[C@H]2CC[C@H](C2)[C@@H]1C(=O)N[C@@H](C)C(C)C. The van der Waals surface area contributed by atoms with Gasteiger partial charge in [0.15, 0.2) is 0 Å². The minimum absolute atomic E-state index is 0.00447. The van der Waals surface area contributed by atoms with Crippen molar-refractivity contribution in [1.82, 2.24) is 10.6 Å². The highest BCUT2D eigenvalue weighted by Gasteiger charge is 2.51. The molecule has 2 amide bonds. The molecule has 3 aliphatic carbocycles. The van der Waals surface area contributed by atoms with E-state index in [0.717, 1.165) is 19.3 Å². The number of carbonyl (C=O) groups is 3. The van der Waals surface area contributed by atoms with E-state index in [-0.39, 0.29) is 70.4 Å². The molecule has 212 valence electrons. The molecule has 3 aliphatic rings. The molecular formula is C30H41N3O6. The maximum Gasteiger partial charge on any atom is 0.309 e. The lowest BCUT2D eigenvalue weighted by Crippen LogP contribution is -2.51. The van der Waals surface area contributed by atoms with Crippen molar-refractivity contribution in [3.8, 4) is 17.6 Å². The van der Waals surface area contributed by atoms with Crippen LogP contribution in [0.2, 0.25) is 0 Å². The molecule has 1 aromatic carbocycles. The number of carboxylic acids is 1. The van der Waals surface area contributed by atoms with Gasteiger partial charge in [0.25, 0.3) is 5.91 Å². The summed E-state index contributed by atoms with van der Waals surface area (Å²) < 4.78 is 11.6. The van der Waals surface area contributed by atoms with Gasteiger partial charge in [-0.05, 0) is 82.6 Å². The molecule has 3 fully saturated rings. The maximum atomic E-state index is 13.6. The number of hydrogen-bond acceptors (Lipinski definition) is 6. The summed E-state index contributed by atoms with van der Waals surface area (Å²) >= 11 is 0. The number of hydrogen-bond donors (Lipinski definition) is 3. The third-order valence-electron chi connectivity index (χ3n) is 9.40. The van der Waals surface area contributed by atoms with E-state index >= 15 is 0 Å². The number of fused-ring (bicyclic) bond motifs is 2. The van der Waals surface area contributed by atoms with Gasteiger partial charge in [-0.3, -0.25) is 14.4 Å². The van der Waals surface area contributed by atoms with Crippen molar-refractivity contribution in [2.75, 3.05) is 7.11 Å². The number of nitrogens with zero attached hydrogens (tertiary/aromatic N) is 1. The second-order valence-corrected chi connectivity index (χ2v) is 12.2. The quantitative estimate of drug-likeness (QED) is 0.426. The average molecular weight is 540 g/mol. The molecule has 0 aromatic heterocycles. The Morgan fingerprint density at radius 3 is 2.33 bits per heavy atom. The largest absolute Gasteiger partial charge is 0.496 e. The van der Waals surface area contributed by atoms with Crippen LogP contribution in [0.3, 0.4) is 0 Å². The number of benzene rings is 1. The van der Waals surface area contributed by atoms with E-state index in [4.69, 9.17) is 9.47 Å². The van der Waals surface area contributed by atoms with Gasteiger partial charge in [-0.2, -0.15) is 5.26 Å². The zero-order chi connectivity index (χ0) is 28.5. The second-order valence-electron chi connectivity index (χ2n) is 12.2. The van der Waals surface area contributed by atoms with Crippen LogP contribution in [0.1, 0.15) is 88.6 Å². The Hall–Kier alpha value is -3.28. The number of amides is 2. The summed E-state index contributed by atoms with van der Waals surface area (Å²) in [6.45, 7) is 7.88. The summed E-state index contributed by atoms with van der Waals surface area (Å²) in [6.07, 6.45) is 4.67. The zero-order valence-corrected chi connectivity index (χ0v) is 23.6. The van der Waals surface area contributed by atoms with Gasteiger partial charge in [-0.1, -0.05) is 13.8 Å². The highest BCUT2D eigenvalue weighted by atomic mass is 16.5. The van der Waals surface area contributed by atoms with Crippen LogP contribution in [0.15, 0.2) is 12.1 Å². The number of rotatable bonds is 9. The molecule has 0 heterocycles. The molecule has 5 atom stereocenters. The van der Waals surface area contributed by atoms with Gasteiger partial charge in [0, 0.05) is 18.2 Å². The topological polar surface area (TPSA) is 138 Å². The Balaban J connectivity index is 1.53. The summed E-state index contributed by atoms with van der Waals surface area (Å²) in [5.74, 6) is -0.113. The highest BCUT2D eigenvalue weighted by molar-refractivity contribution is 5.98. The number of nitrogens with one attached hydrogen (secondary N) is 2. The van der Waals surface area contributed by atoms with Gasteiger partial charge < -0.3 is 25.2 Å². The van der Waals surface area contributed by atoms with E-state index in [2.05, 4.69) is 30.6 Å². The number of ether oxygens (including phenoxy) is 2. The summed E-state index contributed by atoms with van der Waals surface area (Å²) in [5, 5.41) is 25.6. The van der Waals surface area contributed by atoms with Gasteiger partial charge in [-0.25, -0.2) is 0 Å². The first-order valence-electron chi connectivity index (χ1n) is 14.1. The Kier molecular flexibility index (Phi) is 8.43. The van der Waals surface area contributed by atoms with Crippen molar-refractivity contribution in [2.24, 2.45) is 29.1 Å². The van der Waals surface area contributed by atoms with E-state index in [9.17, 15) is 24.8 Å². The summed E-state index contributed by atoms with van der Waals surface area (Å²) in [7, 11) is 1.45. The number of carboxylic acid groups (broad SMARTS) is 1. The van der Waals surface area contributed by atoms with Crippen LogP contribution in [-0.4, -0.2) is 48.2 Å². The molecule has 3 saturated carbocycles. The third-order valence-corrected chi connectivity index (χ3v) is 9.40. The fourth-order valence-electron chi connectivity index (χ4n) is 6.42. The summed E-state index contributed by atoms with van der Waals surface area (Å²) in [6, 6.07) is 4.94. The normalized spacial score (nSPS) is 30.3. The van der Waals surface area contributed by atoms with Crippen molar-refractivity contribution < 1.29 is 29.0 Å². The minimum Gasteiger partial charge on any atom is -0.496 e. The predicted molar refractivity (Wildman–Crippen MR) is 144 cm³/mol. The molecule has 1 aromatic rings. The lowest BCUT2D eigenvalue weighted by Gasteiger charge is -2.34. The first-order chi connectivity index (χ1) is 18.5. The third kappa shape index (κ3) is 5.85. The molecule has 0 spiro atoms. The molecule has 39 heavy (non-hydrogen) atoms. The smallest absolute Gasteiger partial charge is 0.309 e. The Morgan fingerprint density at radius 1 is 1.08 bits per heavy atom. The van der Waals surface area contributed by atoms with E-state index in [1.807, 2.05) is 6.92 Å². The summed E-state index contributed by atoms with van der Waals surface area (Å²) in [4.78, 5) is 38.5. The van der Waals surface area contributed by atoms with Crippen molar-refractivity contribution in [1.29, 1.82) is 5.26 Å². The lowest BCUT2D eigenvalue weighted by atomic mass is 9.75. The van der Waals surface area contributed by atoms with Crippen LogP contribution in [0.5, 0.6) is 11.5 Å². The standard InChI is InChI=1S/C30H41N3O6/c1-16(2)17(3)32-28(35)25-18-6-7-19(12-18)26(25)33-27(34)22-14-23(20(15-31)13-24(22)38-5)39-21-8-10-30(4,11-9-21)29(36)37/h13-14,16-19,21,25-26H,6-12H2,1-5H3,(H,32,35)(H,33,34)(H,36,37)/t17-,18+,19-,21-,25-,26+,30+/m0/s1. The minimum atomic E-state index is -0.812. The van der Waals surface area contributed by atoms with E-state index in [0.29, 0.717) is 31.6 Å². The first kappa shape index (κ1) is 28.7. The number of methoxy groups -OCH3 is 1. The Labute approximate surface area is 230 Å². The van der Waals surface area contributed by atoms with Gasteiger partial charge in [0.1, 0.15) is 17.6 Å². The fraction of sp³-hybridized carbons (Fsp3) is 0.667. The number of nitriles is 1. The molecule has 9 nitrogen and oxygen atoms in total. The van der Waals surface area contributed by atoms with Crippen LogP contribution in [0, 0.1) is 40.4 Å². The van der Waals surface area contributed by atoms with E-state index in [1.165, 1.54) is 13.2 Å². The van der Waals surface area contributed by atoms with E-state index < -0.39 is 11.4 Å². The van der Waals surface area contributed by atoms with Gasteiger partial charge in [-0.15, -0.1) is 0 Å². The van der Waals surface area contributed by atoms with Gasteiger partial charge >= 0.3 is 5.97 Å². The maximum absolute atomic E-state index is 13.6. The van der Waals surface area contributed by atoms with E-state index in [1.54, 1.807) is 13.0 Å². The molecule has 4 rings (SSSR count). The van der Waals surface area contributed by atoms with Crippen molar-refractivity contribution >= 4 is 17.8 Å².